The first-order chi connectivity index (χ1) is 13.6. The van der Waals surface area contributed by atoms with Crippen molar-refractivity contribution in [2.45, 2.75) is 16.7 Å². The maximum Gasteiger partial charge on any atom is 0.355 e. The Balaban J connectivity index is 1.77. The van der Waals surface area contributed by atoms with Crippen LogP contribution in [0.15, 0.2) is 81.9 Å². The van der Waals surface area contributed by atoms with Crippen LogP contribution in [0.1, 0.15) is 15.4 Å². The summed E-state index contributed by atoms with van der Waals surface area (Å²) < 4.78 is 7.48. The number of nitrogens with zero attached hydrogens (tertiary/aromatic N) is 2. The van der Waals surface area contributed by atoms with Crippen LogP contribution in [0.2, 0.25) is 5.02 Å². The molecule has 0 spiro atoms. The van der Waals surface area contributed by atoms with E-state index in [1.165, 1.54) is 23.1 Å². The minimum atomic E-state index is -0.398. The van der Waals surface area contributed by atoms with Crippen molar-refractivity contribution in [3.05, 3.63) is 87.7 Å². The molecule has 7 heteroatoms. The van der Waals surface area contributed by atoms with E-state index in [2.05, 4.69) is 5.10 Å². The Hall–Kier alpha value is -2.54. The van der Waals surface area contributed by atoms with Gasteiger partial charge in [-0.1, -0.05) is 47.6 Å². The second-order valence-corrected chi connectivity index (χ2v) is 8.36. The number of ether oxygens (including phenoxy) is 1. The Bertz CT molecular complexity index is 1090. The van der Waals surface area contributed by atoms with Crippen LogP contribution in [0.3, 0.4) is 0 Å². The van der Waals surface area contributed by atoms with Crippen LogP contribution in [0.25, 0.3) is 5.69 Å². The molecular formula is C21H15ClN2O2S2. The molecule has 0 bridgehead atoms. The van der Waals surface area contributed by atoms with E-state index in [4.69, 9.17) is 16.3 Å². The van der Waals surface area contributed by atoms with E-state index >= 15 is 0 Å². The summed E-state index contributed by atoms with van der Waals surface area (Å²) in [6, 6.07) is 20.7. The highest BCUT2D eigenvalue weighted by Crippen LogP contribution is 2.39. The molecule has 0 aliphatic heterocycles. The van der Waals surface area contributed by atoms with Gasteiger partial charge in [0.05, 0.1) is 16.3 Å². The van der Waals surface area contributed by atoms with Crippen LogP contribution in [0.5, 0.6) is 5.88 Å². The van der Waals surface area contributed by atoms with E-state index in [0.29, 0.717) is 15.8 Å². The first-order valence-electron chi connectivity index (χ1n) is 8.46. The first kappa shape index (κ1) is 18.8. The Labute approximate surface area is 175 Å². The SMILES string of the molecule is Cc1nn(-c2ccccc2)c(OC(=O)c2cccs2)c1Sc1ccc(Cl)cc1. The number of para-hydroxylation sites is 1. The molecule has 4 aromatic rings. The summed E-state index contributed by atoms with van der Waals surface area (Å²) in [7, 11) is 0. The zero-order valence-corrected chi connectivity index (χ0v) is 17.2. The molecule has 0 saturated carbocycles. The molecule has 2 aromatic carbocycles. The molecule has 0 fully saturated rings. The van der Waals surface area contributed by atoms with Crippen molar-refractivity contribution < 1.29 is 9.53 Å². The number of carbonyl (C=O) groups excluding carboxylic acids is 1. The lowest BCUT2D eigenvalue weighted by Gasteiger charge is -2.09. The number of thiophene rings is 1. The van der Waals surface area contributed by atoms with E-state index in [9.17, 15) is 4.79 Å². The topological polar surface area (TPSA) is 44.1 Å². The van der Waals surface area contributed by atoms with Crippen LogP contribution in [0, 0.1) is 6.92 Å². The second-order valence-electron chi connectivity index (χ2n) is 5.89. The summed E-state index contributed by atoms with van der Waals surface area (Å²) in [5.41, 5.74) is 1.60. The van der Waals surface area contributed by atoms with Gasteiger partial charge in [-0.25, -0.2) is 4.79 Å². The van der Waals surface area contributed by atoms with Gasteiger partial charge in [0.15, 0.2) is 0 Å². The molecule has 0 saturated heterocycles. The van der Waals surface area contributed by atoms with Gasteiger partial charge in [-0.2, -0.15) is 9.78 Å². The van der Waals surface area contributed by atoms with E-state index in [1.807, 2.05) is 73.0 Å². The highest BCUT2D eigenvalue weighted by atomic mass is 35.5. The van der Waals surface area contributed by atoms with Gasteiger partial charge in [-0.05, 0) is 54.8 Å². The summed E-state index contributed by atoms with van der Waals surface area (Å²) >= 11 is 8.83. The number of hydrogen-bond acceptors (Lipinski definition) is 5. The number of benzene rings is 2. The molecule has 4 rings (SSSR count). The third-order valence-corrected chi connectivity index (χ3v) is 6.20. The van der Waals surface area contributed by atoms with Crippen LogP contribution in [-0.2, 0) is 0 Å². The zero-order chi connectivity index (χ0) is 19.5. The van der Waals surface area contributed by atoms with Crippen LogP contribution in [-0.4, -0.2) is 15.7 Å². The number of hydrogen-bond donors (Lipinski definition) is 0. The summed E-state index contributed by atoms with van der Waals surface area (Å²) in [6.45, 7) is 1.90. The minimum Gasteiger partial charge on any atom is -0.402 e. The smallest absolute Gasteiger partial charge is 0.355 e. The number of aryl methyl sites for hydroxylation is 1. The lowest BCUT2D eigenvalue weighted by molar-refractivity contribution is 0.0723. The predicted octanol–water partition coefficient (Wildman–Crippen LogP) is 6.27. The molecule has 0 atom stereocenters. The largest absolute Gasteiger partial charge is 0.402 e. The molecular weight excluding hydrogens is 412 g/mol. The summed E-state index contributed by atoms with van der Waals surface area (Å²) in [6.07, 6.45) is 0. The van der Waals surface area contributed by atoms with Crippen molar-refractivity contribution in [3.63, 3.8) is 0 Å². The number of carbonyl (C=O) groups is 1. The van der Waals surface area contributed by atoms with Crippen molar-refractivity contribution in [3.8, 4) is 11.6 Å². The van der Waals surface area contributed by atoms with Crippen molar-refractivity contribution in [1.82, 2.24) is 9.78 Å². The Morgan fingerprint density at radius 2 is 1.82 bits per heavy atom. The molecule has 0 radical (unpaired) electrons. The van der Waals surface area contributed by atoms with Gasteiger partial charge in [0.2, 0.25) is 5.88 Å². The van der Waals surface area contributed by atoms with E-state index in [-0.39, 0.29) is 0 Å². The summed E-state index contributed by atoms with van der Waals surface area (Å²) in [5.74, 6) is 0.00656. The highest BCUT2D eigenvalue weighted by molar-refractivity contribution is 7.99. The molecule has 28 heavy (non-hydrogen) atoms. The predicted molar refractivity (Wildman–Crippen MR) is 113 cm³/mol. The van der Waals surface area contributed by atoms with Crippen LogP contribution < -0.4 is 4.74 Å². The molecule has 0 aliphatic carbocycles. The quantitative estimate of drug-likeness (QED) is 0.353. The monoisotopic (exact) mass is 426 g/mol. The number of esters is 1. The Kier molecular flexibility index (Phi) is 5.52. The number of rotatable bonds is 5. The molecule has 0 N–H and O–H groups in total. The van der Waals surface area contributed by atoms with E-state index in [1.54, 1.807) is 10.7 Å². The average Bonchev–Trinajstić information content (AvgIpc) is 3.34. The molecule has 140 valence electrons. The van der Waals surface area contributed by atoms with Gasteiger partial charge in [0, 0.05) is 9.92 Å². The average molecular weight is 427 g/mol. The highest BCUT2D eigenvalue weighted by Gasteiger charge is 2.23. The van der Waals surface area contributed by atoms with Gasteiger partial charge < -0.3 is 4.74 Å². The summed E-state index contributed by atoms with van der Waals surface area (Å²) in [5, 5.41) is 7.14. The third kappa shape index (κ3) is 3.99. The summed E-state index contributed by atoms with van der Waals surface area (Å²) in [4.78, 5) is 14.9. The van der Waals surface area contributed by atoms with Crippen molar-refractivity contribution in [2.75, 3.05) is 0 Å². The molecule has 4 nitrogen and oxygen atoms in total. The fourth-order valence-corrected chi connectivity index (χ4v) is 4.23. The van der Waals surface area contributed by atoms with E-state index < -0.39 is 5.97 Å². The standard InChI is InChI=1S/C21H15ClN2O2S2/c1-14-19(28-17-11-9-15(22)10-12-17)20(26-21(25)18-8-5-13-27-18)24(23-14)16-6-3-2-4-7-16/h2-13H,1H3. The fourth-order valence-electron chi connectivity index (χ4n) is 2.60. The van der Waals surface area contributed by atoms with Gasteiger partial charge >= 0.3 is 5.97 Å². The van der Waals surface area contributed by atoms with Gasteiger partial charge in [-0.15, -0.1) is 11.3 Å². The number of aromatic nitrogens is 2. The fraction of sp³-hybridized carbons (Fsp3) is 0.0476. The molecule has 0 aliphatic rings. The Morgan fingerprint density at radius 1 is 1.07 bits per heavy atom. The first-order valence-corrected chi connectivity index (χ1v) is 10.5. The minimum absolute atomic E-state index is 0.398. The third-order valence-electron chi connectivity index (χ3n) is 3.91. The van der Waals surface area contributed by atoms with Gasteiger partial charge in [0.1, 0.15) is 4.88 Å². The molecule has 0 unspecified atom stereocenters. The molecule has 2 aromatic heterocycles. The van der Waals surface area contributed by atoms with Crippen LogP contribution in [0.4, 0.5) is 0 Å². The van der Waals surface area contributed by atoms with Gasteiger partial charge in [-0.3, -0.25) is 0 Å². The van der Waals surface area contributed by atoms with E-state index in [0.717, 1.165) is 21.2 Å². The Morgan fingerprint density at radius 3 is 2.50 bits per heavy atom. The molecule has 2 heterocycles. The van der Waals surface area contributed by atoms with Crippen molar-refractivity contribution in [2.24, 2.45) is 0 Å². The van der Waals surface area contributed by atoms with Crippen LogP contribution >= 0.6 is 34.7 Å². The normalized spacial score (nSPS) is 10.8. The lowest BCUT2D eigenvalue weighted by Crippen LogP contribution is -2.11. The second kappa shape index (κ2) is 8.22. The zero-order valence-electron chi connectivity index (χ0n) is 14.8. The number of halogens is 1. The molecule has 0 amide bonds. The maximum atomic E-state index is 12.6. The maximum absolute atomic E-state index is 12.6. The van der Waals surface area contributed by atoms with Crippen molar-refractivity contribution >= 4 is 40.7 Å². The van der Waals surface area contributed by atoms with Crippen molar-refractivity contribution in [1.29, 1.82) is 0 Å². The van der Waals surface area contributed by atoms with Gasteiger partial charge in [0.25, 0.3) is 0 Å². The lowest BCUT2D eigenvalue weighted by atomic mass is 10.3.